The van der Waals surface area contributed by atoms with Crippen LogP contribution in [0.1, 0.15) is 36.0 Å². The van der Waals surface area contributed by atoms with Crippen LogP contribution in [0.25, 0.3) is 11.1 Å². The Labute approximate surface area is 215 Å². The van der Waals surface area contributed by atoms with Crippen LogP contribution in [0.2, 0.25) is 0 Å². The van der Waals surface area contributed by atoms with Crippen molar-refractivity contribution in [2.24, 2.45) is 11.5 Å². The molecule has 1 aliphatic heterocycles. The highest BCUT2D eigenvalue weighted by Crippen LogP contribution is 2.29. The normalized spacial score (nSPS) is 19.9. The van der Waals surface area contributed by atoms with Gasteiger partial charge in [-0.25, -0.2) is 9.37 Å². The number of morpholine rings is 1. The zero-order chi connectivity index (χ0) is 25.8. The Balaban J connectivity index is 1.38. The Hall–Kier alpha value is -3.76. The van der Waals surface area contributed by atoms with Crippen molar-refractivity contribution in [1.82, 2.24) is 9.97 Å². The maximum Gasteiger partial charge on any atom is 0.252 e. The first-order valence-electron chi connectivity index (χ1n) is 12.7. The number of ether oxygens (including phenoxy) is 1. The van der Waals surface area contributed by atoms with E-state index in [0.717, 1.165) is 74.9 Å². The lowest BCUT2D eigenvalue weighted by Crippen LogP contribution is -2.43. The van der Waals surface area contributed by atoms with Crippen LogP contribution >= 0.6 is 0 Å². The minimum absolute atomic E-state index is 0.0395. The van der Waals surface area contributed by atoms with Gasteiger partial charge in [0.15, 0.2) is 11.6 Å². The van der Waals surface area contributed by atoms with Gasteiger partial charge in [-0.1, -0.05) is 25.0 Å². The summed E-state index contributed by atoms with van der Waals surface area (Å²) < 4.78 is 20.3. The summed E-state index contributed by atoms with van der Waals surface area (Å²) in [5.41, 5.74) is 15.3. The highest BCUT2D eigenvalue weighted by atomic mass is 19.1. The molecule has 1 amide bonds. The number of rotatable bonds is 7. The molecular formula is C27H32FN7O2. The summed E-state index contributed by atoms with van der Waals surface area (Å²) in [4.78, 5) is 23.1. The molecule has 194 valence electrons. The molecule has 2 fully saturated rings. The molecule has 5 rings (SSSR count). The Bertz CT molecular complexity index is 1250. The van der Waals surface area contributed by atoms with Crippen LogP contribution in [-0.2, 0) is 4.74 Å². The van der Waals surface area contributed by atoms with Crippen LogP contribution in [-0.4, -0.2) is 54.3 Å². The molecule has 0 spiro atoms. The summed E-state index contributed by atoms with van der Waals surface area (Å²) in [5, 5.41) is 6.24. The van der Waals surface area contributed by atoms with E-state index >= 15 is 0 Å². The van der Waals surface area contributed by atoms with E-state index in [1.165, 1.54) is 0 Å². The maximum absolute atomic E-state index is 14.8. The van der Waals surface area contributed by atoms with Crippen LogP contribution in [0.4, 0.5) is 27.4 Å². The fourth-order valence-corrected chi connectivity index (χ4v) is 4.88. The number of primary amides is 1. The van der Waals surface area contributed by atoms with E-state index < -0.39 is 11.7 Å². The zero-order valence-corrected chi connectivity index (χ0v) is 20.6. The molecule has 2 atom stereocenters. The Morgan fingerprint density at radius 3 is 2.51 bits per heavy atom. The lowest BCUT2D eigenvalue weighted by Gasteiger charge is -2.30. The number of nitrogens with one attached hydrogen (secondary N) is 2. The second kappa shape index (κ2) is 11.1. The van der Waals surface area contributed by atoms with Gasteiger partial charge >= 0.3 is 0 Å². The van der Waals surface area contributed by atoms with E-state index in [0.29, 0.717) is 5.69 Å². The lowest BCUT2D eigenvalue weighted by atomic mass is 9.91. The number of carbonyl (C=O) groups is 1. The predicted molar refractivity (Wildman–Crippen MR) is 143 cm³/mol. The van der Waals surface area contributed by atoms with Crippen molar-refractivity contribution in [3.8, 4) is 11.1 Å². The molecule has 1 aromatic carbocycles. The quantitative estimate of drug-likeness (QED) is 0.383. The van der Waals surface area contributed by atoms with E-state index in [1.807, 2.05) is 18.2 Å². The number of nitrogens with zero attached hydrogens (tertiary/aromatic N) is 3. The maximum atomic E-state index is 14.8. The van der Waals surface area contributed by atoms with Crippen molar-refractivity contribution in [3.63, 3.8) is 0 Å². The van der Waals surface area contributed by atoms with E-state index in [9.17, 15) is 9.18 Å². The van der Waals surface area contributed by atoms with Gasteiger partial charge in [-0.05, 0) is 42.7 Å². The number of aromatic nitrogens is 2. The Morgan fingerprint density at radius 2 is 1.78 bits per heavy atom. The molecule has 3 heterocycles. The average Bonchev–Trinajstić information content (AvgIpc) is 2.92. The van der Waals surface area contributed by atoms with E-state index in [2.05, 4.69) is 37.6 Å². The number of anilines is 4. The topological polar surface area (TPSA) is 131 Å². The highest BCUT2D eigenvalue weighted by Gasteiger charge is 2.24. The number of nitrogens with two attached hydrogens (primary N) is 2. The Morgan fingerprint density at radius 1 is 1.03 bits per heavy atom. The number of halogens is 1. The van der Waals surface area contributed by atoms with Crippen molar-refractivity contribution in [2.45, 2.75) is 37.8 Å². The molecule has 37 heavy (non-hydrogen) atoms. The summed E-state index contributed by atoms with van der Waals surface area (Å²) in [6.45, 7) is 3.21. The number of amides is 1. The van der Waals surface area contributed by atoms with Gasteiger partial charge in [0.1, 0.15) is 5.82 Å². The van der Waals surface area contributed by atoms with E-state index in [-0.39, 0.29) is 29.3 Å². The third kappa shape index (κ3) is 5.81. The number of hydrogen-bond donors (Lipinski definition) is 4. The van der Waals surface area contributed by atoms with Crippen LogP contribution in [0.3, 0.4) is 0 Å². The third-order valence-corrected chi connectivity index (χ3v) is 6.96. The number of pyridine rings is 2. The third-order valence-electron chi connectivity index (χ3n) is 6.96. The van der Waals surface area contributed by atoms with Crippen LogP contribution in [0.5, 0.6) is 0 Å². The van der Waals surface area contributed by atoms with Crippen LogP contribution < -0.4 is 27.0 Å². The zero-order valence-electron chi connectivity index (χ0n) is 20.6. The van der Waals surface area contributed by atoms with E-state index in [1.54, 1.807) is 12.4 Å². The molecule has 2 aromatic heterocycles. The molecular weight excluding hydrogens is 473 g/mol. The molecule has 1 saturated heterocycles. The molecule has 2 aliphatic rings. The van der Waals surface area contributed by atoms with Gasteiger partial charge in [-0.3, -0.25) is 9.78 Å². The van der Waals surface area contributed by atoms with Crippen molar-refractivity contribution in [2.75, 3.05) is 41.8 Å². The van der Waals surface area contributed by atoms with Gasteiger partial charge in [0.25, 0.3) is 5.91 Å². The standard InChI is InChI=1S/C27H32FN7O2/c28-22-14-21(25(30)36)26(34-27(22)33-24-4-2-1-3-23(24)29)32-19-13-18(15-31-16-19)17-5-7-20(8-6-17)35-9-11-37-12-10-35/h5-8,13-16,23-24H,1-4,9-12,29H2,(H2,30,36)(H2,32,33,34). The molecule has 9 nitrogen and oxygen atoms in total. The first kappa shape index (κ1) is 24.9. The second-order valence-corrected chi connectivity index (χ2v) is 9.51. The summed E-state index contributed by atoms with van der Waals surface area (Å²) >= 11 is 0. The van der Waals surface area contributed by atoms with Gasteiger partial charge in [0.2, 0.25) is 0 Å². The van der Waals surface area contributed by atoms with Gasteiger partial charge in [0, 0.05) is 42.6 Å². The number of carbonyl (C=O) groups excluding carboxylic acids is 1. The molecule has 10 heteroatoms. The summed E-state index contributed by atoms with van der Waals surface area (Å²) in [5.74, 6) is -1.23. The molecule has 2 unspecified atom stereocenters. The molecule has 3 aromatic rings. The smallest absolute Gasteiger partial charge is 0.252 e. The highest BCUT2D eigenvalue weighted by molar-refractivity contribution is 5.98. The summed E-state index contributed by atoms with van der Waals surface area (Å²) in [6, 6.07) is 11.1. The predicted octanol–water partition coefficient (Wildman–Crippen LogP) is 3.64. The molecule has 0 bridgehead atoms. The van der Waals surface area contributed by atoms with Crippen molar-refractivity contribution in [1.29, 1.82) is 0 Å². The molecule has 0 radical (unpaired) electrons. The minimum Gasteiger partial charge on any atom is -0.378 e. The average molecular weight is 506 g/mol. The monoisotopic (exact) mass is 505 g/mol. The van der Waals surface area contributed by atoms with Crippen LogP contribution in [0, 0.1) is 5.82 Å². The SMILES string of the molecule is NC(=O)c1cc(F)c(NC2CCCCC2N)nc1Nc1cncc(-c2ccc(N3CCOCC3)cc2)c1. The second-order valence-electron chi connectivity index (χ2n) is 9.51. The summed E-state index contributed by atoms with van der Waals surface area (Å²) in [6.07, 6.45) is 7.16. The van der Waals surface area contributed by atoms with Gasteiger partial charge in [-0.2, -0.15) is 0 Å². The van der Waals surface area contributed by atoms with Crippen molar-refractivity contribution < 1.29 is 13.9 Å². The first-order chi connectivity index (χ1) is 18.0. The fraction of sp³-hybridized carbons (Fsp3) is 0.370. The van der Waals surface area contributed by atoms with Crippen molar-refractivity contribution >= 4 is 28.9 Å². The molecule has 1 saturated carbocycles. The van der Waals surface area contributed by atoms with E-state index in [4.69, 9.17) is 16.2 Å². The Kier molecular flexibility index (Phi) is 7.47. The first-order valence-corrected chi connectivity index (χ1v) is 12.7. The molecule has 6 N–H and O–H groups in total. The number of benzene rings is 1. The summed E-state index contributed by atoms with van der Waals surface area (Å²) in [7, 11) is 0. The minimum atomic E-state index is -0.780. The van der Waals surface area contributed by atoms with Gasteiger partial charge in [-0.15, -0.1) is 0 Å². The van der Waals surface area contributed by atoms with Crippen LogP contribution in [0.15, 0.2) is 48.8 Å². The number of hydrogen-bond acceptors (Lipinski definition) is 8. The fourth-order valence-electron chi connectivity index (χ4n) is 4.88. The largest absolute Gasteiger partial charge is 0.378 e. The van der Waals surface area contributed by atoms with Crippen molar-refractivity contribution in [3.05, 3.63) is 60.2 Å². The lowest BCUT2D eigenvalue weighted by molar-refractivity contribution is 0.100. The van der Waals surface area contributed by atoms with Gasteiger partial charge in [0.05, 0.1) is 30.7 Å². The van der Waals surface area contributed by atoms with Gasteiger partial charge < -0.3 is 31.7 Å². The molecule has 1 aliphatic carbocycles.